The molecule has 1 heterocycles. The van der Waals surface area contributed by atoms with E-state index in [1.54, 1.807) is 23.1 Å². The molecule has 1 aromatic heterocycles. The maximum Gasteiger partial charge on any atom is 0.0794 e. The Balaban J connectivity index is 2.11. The zero-order valence-electron chi connectivity index (χ0n) is 8.74. The molecule has 2 nitrogen and oxygen atoms in total. The predicted octanol–water partition coefficient (Wildman–Crippen LogP) is 4.13. The van der Waals surface area contributed by atoms with Crippen molar-refractivity contribution < 1.29 is 0 Å². The van der Waals surface area contributed by atoms with Gasteiger partial charge < -0.3 is 5.32 Å². The molecule has 0 fully saturated rings. The maximum absolute atomic E-state index is 5.98. The lowest BCUT2D eigenvalue weighted by Crippen LogP contribution is -1.98. The highest BCUT2D eigenvalue weighted by molar-refractivity contribution is 7.98. The van der Waals surface area contributed by atoms with Crippen LogP contribution in [0.3, 0.4) is 0 Å². The van der Waals surface area contributed by atoms with Crippen molar-refractivity contribution >= 4 is 40.4 Å². The third-order valence-electron chi connectivity index (χ3n) is 2.10. The van der Waals surface area contributed by atoms with Crippen molar-refractivity contribution in [2.75, 3.05) is 11.6 Å². The quantitative estimate of drug-likeness (QED) is 0.846. The highest BCUT2D eigenvalue weighted by Gasteiger charge is 2.02. The van der Waals surface area contributed by atoms with E-state index in [9.17, 15) is 0 Å². The Morgan fingerprint density at radius 3 is 3.06 bits per heavy atom. The molecule has 84 valence electrons. The third-order valence-corrected chi connectivity index (χ3v) is 3.91. The van der Waals surface area contributed by atoms with E-state index in [0.29, 0.717) is 0 Å². The van der Waals surface area contributed by atoms with Crippen LogP contribution in [-0.2, 0) is 6.54 Å². The number of hydrogen-bond acceptors (Lipinski definition) is 4. The van der Waals surface area contributed by atoms with Gasteiger partial charge in [-0.25, -0.2) is 0 Å². The molecule has 0 aliphatic heterocycles. The number of thiazole rings is 1. The second-order valence-electron chi connectivity index (χ2n) is 3.17. The number of hydrogen-bond donors (Lipinski definition) is 1. The van der Waals surface area contributed by atoms with Crippen LogP contribution in [0.4, 0.5) is 5.69 Å². The number of nitrogens with one attached hydrogen (secondary N) is 1. The fourth-order valence-corrected chi connectivity index (χ4v) is 2.59. The monoisotopic (exact) mass is 270 g/mol. The maximum atomic E-state index is 5.98. The molecule has 0 spiro atoms. The van der Waals surface area contributed by atoms with Crippen molar-refractivity contribution in [3.63, 3.8) is 0 Å². The van der Waals surface area contributed by atoms with Crippen LogP contribution in [0.15, 0.2) is 34.8 Å². The summed E-state index contributed by atoms with van der Waals surface area (Å²) >= 11 is 9.33. The van der Waals surface area contributed by atoms with E-state index in [1.807, 2.05) is 29.9 Å². The first-order valence-corrected chi connectivity index (χ1v) is 7.22. The Morgan fingerprint density at radius 1 is 1.50 bits per heavy atom. The van der Waals surface area contributed by atoms with Gasteiger partial charge in [0.25, 0.3) is 0 Å². The molecular formula is C11H11ClN2S2. The Morgan fingerprint density at radius 2 is 2.38 bits per heavy atom. The summed E-state index contributed by atoms with van der Waals surface area (Å²) in [5.41, 5.74) is 2.91. The molecule has 0 saturated heterocycles. The average Bonchev–Trinajstić information content (AvgIpc) is 2.79. The van der Waals surface area contributed by atoms with Gasteiger partial charge >= 0.3 is 0 Å². The Kier molecular flexibility index (Phi) is 4.09. The fraction of sp³-hybridized carbons (Fsp3) is 0.182. The molecule has 0 atom stereocenters. The van der Waals surface area contributed by atoms with E-state index >= 15 is 0 Å². The number of thioether (sulfide) groups is 1. The zero-order chi connectivity index (χ0) is 11.4. The van der Waals surface area contributed by atoms with Gasteiger partial charge in [-0.2, -0.15) is 0 Å². The summed E-state index contributed by atoms with van der Waals surface area (Å²) in [4.78, 5) is 6.46. The van der Waals surface area contributed by atoms with E-state index in [4.69, 9.17) is 11.6 Å². The molecule has 0 amide bonds. The van der Waals surface area contributed by atoms with Crippen LogP contribution in [0.1, 0.15) is 4.88 Å². The first-order valence-electron chi connectivity index (χ1n) is 4.74. The van der Waals surface area contributed by atoms with Crippen molar-refractivity contribution in [3.05, 3.63) is 39.8 Å². The minimum atomic E-state index is 0.754. The van der Waals surface area contributed by atoms with Gasteiger partial charge in [0.2, 0.25) is 0 Å². The lowest BCUT2D eigenvalue weighted by atomic mass is 10.3. The third kappa shape index (κ3) is 2.90. The number of anilines is 1. The summed E-state index contributed by atoms with van der Waals surface area (Å²) in [6.45, 7) is 0.790. The fourth-order valence-electron chi connectivity index (χ4n) is 1.33. The lowest BCUT2D eigenvalue weighted by Gasteiger charge is -2.09. The number of rotatable bonds is 4. The highest BCUT2D eigenvalue weighted by Crippen LogP contribution is 2.28. The summed E-state index contributed by atoms with van der Waals surface area (Å²) in [5.74, 6) is 0. The van der Waals surface area contributed by atoms with Gasteiger partial charge in [-0.1, -0.05) is 11.6 Å². The van der Waals surface area contributed by atoms with Gasteiger partial charge in [-0.15, -0.1) is 23.1 Å². The van der Waals surface area contributed by atoms with Crippen LogP contribution >= 0.6 is 34.7 Å². The molecule has 16 heavy (non-hydrogen) atoms. The minimum absolute atomic E-state index is 0.754. The van der Waals surface area contributed by atoms with Crippen molar-refractivity contribution in [2.24, 2.45) is 0 Å². The average molecular weight is 271 g/mol. The Labute approximate surface area is 108 Å². The lowest BCUT2D eigenvalue weighted by molar-refractivity contribution is 1.15. The van der Waals surface area contributed by atoms with Crippen molar-refractivity contribution in [3.8, 4) is 0 Å². The van der Waals surface area contributed by atoms with Crippen molar-refractivity contribution in [1.82, 2.24) is 4.98 Å². The molecule has 0 saturated carbocycles. The molecule has 2 rings (SSSR count). The molecule has 1 N–H and O–H groups in total. The molecule has 1 aromatic carbocycles. The van der Waals surface area contributed by atoms with Crippen LogP contribution in [0.25, 0.3) is 0 Å². The summed E-state index contributed by atoms with van der Waals surface area (Å²) < 4.78 is 0. The summed E-state index contributed by atoms with van der Waals surface area (Å²) in [7, 11) is 0. The number of aromatic nitrogens is 1. The van der Waals surface area contributed by atoms with Crippen molar-refractivity contribution in [2.45, 2.75) is 11.4 Å². The normalized spacial score (nSPS) is 10.4. The Bertz CT molecular complexity index is 457. The minimum Gasteiger partial charge on any atom is -0.379 e. The van der Waals surface area contributed by atoms with E-state index in [-0.39, 0.29) is 0 Å². The summed E-state index contributed by atoms with van der Waals surface area (Å²) in [5, 5.41) is 4.13. The standard InChI is InChI=1S/C11H11ClN2S2/c1-15-11-3-2-8(12)4-10(11)14-6-9-5-13-7-16-9/h2-5,7,14H,6H2,1H3. The summed E-state index contributed by atoms with van der Waals surface area (Å²) in [6, 6.07) is 5.89. The molecule has 0 aliphatic carbocycles. The van der Waals surface area contributed by atoms with Gasteiger partial charge in [0, 0.05) is 26.7 Å². The zero-order valence-corrected chi connectivity index (χ0v) is 11.1. The Hall–Kier alpha value is -0.710. The first-order chi connectivity index (χ1) is 7.79. The molecular weight excluding hydrogens is 260 g/mol. The van der Waals surface area contributed by atoms with E-state index in [0.717, 1.165) is 17.3 Å². The van der Waals surface area contributed by atoms with E-state index < -0.39 is 0 Å². The molecule has 0 aliphatic rings. The van der Waals surface area contributed by atoms with Crippen LogP contribution in [-0.4, -0.2) is 11.2 Å². The second kappa shape index (κ2) is 5.57. The van der Waals surface area contributed by atoms with Gasteiger partial charge in [-0.3, -0.25) is 4.98 Å². The van der Waals surface area contributed by atoms with Gasteiger partial charge in [-0.05, 0) is 24.5 Å². The van der Waals surface area contributed by atoms with Gasteiger partial charge in [0.15, 0.2) is 0 Å². The highest BCUT2D eigenvalue weighted by atomic mass is 35.5. The van der Waals surface area contributed by atoms with Gasteiger partial charge in [0.1, 0.15) is 0 Å². The summed E-state index contributed by atoms with van der Waals surface area (Å²) in [6.07, 6.45) is 3.93. The molecule has 0 radical (unpaired) electrons. The molecule has 2 aromatic rings. The smallest absolute Gasteiger partial charge is 0.0794 e. The first kappa shape index (κ1) is 11.8. The predicted molar refractivity (Wildman–Crippen MR) is 72.7 cm³/mol. The number of benzene rings is 1. The topological polar surface area (TPSA) is 24.9 Å². The van der Waals surface area contributed by atoms with Crippen LogP contribution < -0.4 is 5.32 Å². The molecule has 0 unspecified atom stereocenters. The van der Waals surface area contributed by atoms with Gasteiger partial charge in [0.05, 0.1) is 12.1 Å². The van der Waals surface area contributed by atoms with Crippen LogP contribution in [0, 0.1) is 0 Å². The van der Waals surface area contributed by atoms with E-state index in [1.165, 1.54) is 9.77 Å². The van der Waals surface area contributed by atoms with Crippen LogP contribution in [0.2, 0.25) is 5.02 Å². The SMILES string of the molecule is CSc1ccc(Cl)cc1NCc1cncs1. The second-order valence-corrected chi connectivity index (χ2v) is 5.42. The van der Waals surface area contributed by atoms with E-state index in [2.05, 4.69) is 16.6 Å². The molecule has 5 heteroatoms. The largest absolute Gasteiger partial charge is 0.379 e. The van der Waals surface area contributed by atoms with Crippen LogP contribution in [0.5, 0.6) is 0 Å². The molecule has 0 bridgehead atoms. The number of halogens is 1. The number of nitrogens with zero attached hydrogens (tertiary/aromatic N) is 1. The van der Waals surface area contributed by atoms with Crippen molar-refractivity contribution in [1.29, 1.82) is 0 Å².